The second-order valence-corrected chi connectivity index (χ2v) is 5.56. The summed E-state index contributed by atoms with van der Waals surface area (Å²) < 4.78 is 0. The van der Waals surface area contributed by atoms with Crippen molar-refractivity contribution in [1.82, 2.24) is 4.90 Å². The van der Waals surface area contributed by atoms with Gasteiger partial charge in [-0.25, -0.2) is 4.79 Å². The van der Waals surface area contributed by atoms with Crippen molar-refractivity contribution in [3.63, 3.8) is 0 Å². The second kappa shape index (κ2) is 5.31. The minimum Gasteiger partial charge on any atom is -0.480 e. The number of rotatable bonds is 4. The summed E-state index contributed by atoms with van der Waals surface area (Å²) in [7, 11) is 0. The van der Waals surface area contributed by atoms with Crippen molar-refractivity contribution in [2.45, 2.75) is 18.6 Å². The molecule has 0 amide bonds. The fourth-order valence-corrected chi connectivity index (χ4v) is 2.89. The second-order valence-electron chi connectivity index (χ2n) is 5.56. The molecule has 0 saturated heterocycles. The SMILES string of the molecule is NC(CN1Cc2ccccc2C1)(C(=O)O)c1ccccc1. The van der Waals surface area contributed by atoms with Crippen LogP contribution in [0, 0.1) is 0 Å². The van der Waals surface area contributed by atoms with E-state index in [1.165, 1.54) is 11.1 Å². The van der Waals surface area contributed by atoms with Crippen molar-refractivity contribution in [2.24, 2.45) is 5.73 Å². The van der Waals surface area contributed by atoms with E-state index in [0.717, 1.165) is 13.1 Å². The summed E-state index contributed by atoms with van der Waals surface area (Å²) in [5, 5.41) is 9.61. The molecule has 2 aromatic rings. The molecule has 0 spiro atoms. The first-order chi connectivity index (χ1) is 10.1. The van der Waals surface area contributed by atoms with Gasteiger partial charge in [0, 0.05) is 19.6 Å². The number of nitrogens with two attached hydrogens (primary N) is 1. The maximum atomic E-state index is 11.7. The molecule has 0 saturated carbocycles. The van der Waals surface area contributed by atoms with Crippen LogP contribution in [0.3, 0.4) is 0 Å². The molecular formula is C17H18N2O2. The van der Waals surface area contributed by atoms with Gasteiger partial charge in [-0.1, -0.05) is 54.6 Å². The lowest BCUT2D eigenvalue weighted by atomic mass is 9.90. The summed E-state index contributed by atoms with van der Waals surface area (Å²) in [4.78, 5) is 13.8. The van der Waals surface area contributed by atoms with Crippen LogP contribution in [0.5, 0.6) is 0 Å². The average Bonchev–Trinajstić information content (AvgIpc) is 2.89. The Bertz CT molecular complexity index is 632. The number of carboxylic acids is 1. The van der Waals surface area contributed by atoms with Gasteiger partial charge in [-0.15, -0.1) is 0 Å². The molecule has 108 valence electrons. The van der Waals surface area contributed by atoms with E-state index in [9.17, 15) is 9.90 Å². The fourth-order valence-electron chi connectivity index (χ4n) is 2.89. The lowest BCUT2D eigenvalue weighted by Crippen LogP contribution is -2.52. The van der Waals surface area contributed by atoms with Crippen LogP contribution in [0.15, 0.2) is 54.6 Å². The zero-order valence-electron chi connectivity index (χ0n) is 11.7. The van der Waals surface area contributed by atoms with Crippen molar-refractivity contribution in [2.75, 3.05) is 6.54 Å². The van der Waals surface area contributed by atoms with Gasteiger partial charge >= 0.3 is 5.97 Å². The number of carboxylic acid groups (broad SMARTS) is 1. The Morgan fingerprint density at radius 2 is 1.57 bits per heavy atom. The van der Waals surface area contributed by atoms with E-state index in [0.29, 0.717) is 12.1 Å². The molecule has 4 nitrogen and oxygen atoms in total. The predicted octanol–water partition coefficient (Wildman–Crippen LogP) is 1.94. The maximum Gasteiger partial charge on any atom is 0.329 e. The number of nitrogens with zero attached hydrogens (tertiary/aromatic N) is 1. The van der Waals surface area contributed by atoms with Crippen molar-refractivity contribution in [3.05, 3.63) is 71.3 Å². The van der Waals surface area contributed by atoms with Crippen molar-refractivity contribution in [1.29, 1.82) is 0 Å². The molecular weight excluding hydrogens is 264 g/mol. The number of hydrogen-bond donors (Lipinski definition) is 2. The third-order valence-corrected chi connectivity index (χ3v) is 4.05. The van der Waals surface area contributed by atoms with Crippen LogP contribution in [0.4, 0.5) is 0 Å². The van der Waals surface area contributed by atoms with Gasteiger partial charge in [0.15, 0.2) is 5.54 Å². The number of hydrogen-bond acceptors (Lipinski definition) is 3. The molecule has 3 rings (SSSR count). The largest absolute Gasteiger partial charge is 0.480 e. The molecule has 1 unspecified atom stereocenters. The molecule has 3 N–H and O–H groups in total. The molecule has 1 heterocycles. The quantitative estimate of drug-likeness (QED) is 0.899. The molecule has 0 aliphatic carbocycles. The van der Waals surface area contributed by atoms with E-state index < -0.39 is 11.5 Å². The van der Waals surface area contributed by atoms with Gasteiger partial charge < -0.3 is 10.8 Å². The molecule has 0 fully saturated rings. The molecule has 21 heavy (non-hydrogen) atoms. The van der Waals surface area contributed by atoms with E-state index in [4.69, 9.17) is 5.73 Å². The van der Waals surface area contributed by atoms with E-state index in [-0.39, 0.29) is 0 Å². The van der Waals surface area contributed by atoms with Crippen LogP contribution in [0.2, 0.25) is 0 Å². The Hall–Kier alpha value is -2.17. The highest BCUT2D eigenvalue weighted by Gasteiger charge is 2.39. The van der Waals surface area contributed by atoms with Gasteiger partial charge in [0.25, 0.3) is 0 Å². The zero-order chi connectivity index (χ0) is 14.9. The van der Waals surface area contributed by atoms with Gasteiger partial charge in [0.1, 0.15) is 0 Å². The van der Waals surface area contributed by atoms with E-state index >= 15 is 0 Å². The predicted molar refractivity (Wildman–Crippen MR) is 80.5 cm³/mol. The highest BCUT2D eigenvalue weighted by molar-refractivity contribution is 5.80. The first-order valence-electron chi connectivity index (χ1n) is 6.96. The lowest BCUT2D eigenvalue weighted by Gasteiger charge is -2.30. The van der Waals surface area contributed by atoms with Crippen LogP contribution in [0.1, 0.15) is 16.7 Å². The van der Waals surface area contributed by atoms with E-state index in [2.05, 4.69) is 17.0 Å². The summed E-state index contributed by atoms with van der Waals surface area (Å²) in [5.74, 6) is -0.996. The van der Waals surface area contributed by atoms with Crippen LogP contribution < -0.4 is 5.73 Å². The van der Waals surface area contributed by atoms with Crippen LogP contribution >= 0.6 is 0 Å². The van der Waals surface area contributed by atoms with Gasteiger partial charge in [0.2, 0.25) is 0 Å². The van der Waals surface area contributed by atoms with Crippen LogP contribution in [0.25, 0.3) is 0 Å². The molecule has 1 atom stereocenters. The summed E-state index contributed by atoms with van der Waals surface area (Å²) in [6.07, 6.45) is 0. The Labute approximate surface area is 123 Å². The Morgan fingerprint density at radius 3 is 2.10 bits per heavy atom. The average molecular weight is 282 g/mol. The highest BCUT2D eigenvalue weighted by atomic mass is 16.4. The van der Waals surface area contributed by atoms with Crippen molar-refractivity contribution < 1.29 is 9.90 Å². The summed E-state index contributed by atoms with van der Waals surface area (Å²) >= 11 is 0. The summed E-state index contributed by atoms with van der Waals surface area (Å²) in [6, 6.07) is 17.2. The molecule has 4 heteroatoms. The molecule has 0 aromatic heterocycles. The third kappa shape index (κ3) is 2.55. The van der Waals surface area contributed by atoms with Gasteiger partial charge in [-0.05, 0) is 16.7 Å². The van der Waals surface area contributed by atoms with Crippen LogP contribution in [-0.2, 0) is 23.4 Å². The standard InChI is InChI=1S/C17H18N2O2/c18-17(16(20)21,15-8-2-1-3-9-15)12-19-10-13-6-4-5-7-14(13)11-19/h1-9H,10-12,18H2,(H,20,21). The number of fused-ring (bicyclic) bond motifs is 1. The van der Waals surface area contributed by atoms with Gasteiger partial charge in [0.05, 0.1) is 0 Å². The lowest BCUT2D eigenvalue weighted by molar-refractivity contribution is -0.144. The smallest absolute Gasteiger partial charge is 0.329 e. The molecule has 1 aliphatic rings. The first kappa shape index (κ1) is 13.8. The Morgan fingerprint density at radius 1 is 1.05 bits per heavy atom. The minimum absolute atomic E-state index is 0.293. The van der Waals surface area contributed by atoms with Gasteiger partial charge in [-0.3, -0.25) is 4.90 Å². The maximum absolute atomic E-state index is 11.7. The molecule has 0 bridgehead atoms. The topological polar surface area (TPSA) is 66.6 Å². The highest BCUT2D eigenvalue weighted by Crippen LogP contribution is 2.27. The van der Waals surface area contributed by atoms with Crippen LogP contribution in [-0.4, -0.2) is 22.5 Å². The zero-order valence-corrected chi connectivity index (χ0v) is 11.7. The number of carbonyl (C=O) groups is 1. The van der Waals surface area contributed by atoms with Crippen molar-refractivity contribution in [3.8, 4) is 0 Å². The number of aliphatic carboxylic acids is 1. The van der Waals surface area contributed by atoms with Gasteiger partial charge in [-0.2, -0.15) is 0 Å². The molecule has 0 radical (unpaired) electrons. The number of benzene rings is 2. The third-order valence-electron chi connectivity index (χ3n) is 4.05. The summed E-state index contributed by atoms with van der Waals surface area (Å²) in [6.45, 7) is 1.78. The monoisotopic (exact) mass is 282 g/mol. The fraction of sp³-hybridized carbons (Fsp3) is 0.235. The minimum atomic E-state index is -1.39. The normalized spacial score (nSPS) is 17.2. The molecule has 2 aromatic carbocycles. The Kier molecular flexibility index (Phi) is 3.49. The van der Waals surface area contributed by atoms with Crippen molar-refractivity contribution >= 4 is 5.97 Å². The summed E-state index contributed by atoms with van der Waals surface area (Å²) in [5.41, 5.74) is 7.98. The Balaban J connectivity index is 1.84. The van der Waals surface area contributed by atoms with E-state index in [1.54, 1.807) is 12.1 Å². The molecule has 1 aliphatic heterocycles. The first-order valence-corrected chi connectivity index (χ1v) is 6.96. The van der Waals surface area contributed by atoms with E-state index in [1.807, 2.05) is 30.3 Å².